The van der Waals surface area contributed by atoms with E-state index in [-0.39, 0.29) is 30.3 Å². The summed E-state index contributed by atoms with van der Waals surface area (Å²) >= 11 is 0. The largest absolute Gasteiger partial charge is 0.372 e. The Morgan fingerprint density at radius 2 is 1.92 bits per heavy atom. The number of rotatable bonds is 3. The van der Waals surface area contributed by atoms with E-state index in [2.05, 4.69) is 26.1 Å². The van der Waals surface area contributed by atoms with Crippen LogP contribution in [0.2, 0.25) is 0 Å². The van der Waals surface area contributed by atoms with Crippen molar-refractivity contribution in [3.63, 3.8) is 0 Å². The van der Waals surface area contributed by atoms with Gasteiger partial charge >= 0.3 is 6.03 Å². The van der Waals surface area contributed by atoms with Crippen molar-refractivity contribution in [2.24, 2.45) is 5.41 Å². The fraction of sp³-hybridized carbons (Fsp3) is 0.375. The number of hydrogen-bond donors (Lipinski definition) is 3. The summed E-state index contributed by atoms with van der Waals surface area (Å²) in [6.07, 6.45) is 2.31. The Labute approximate surface area is 204 Å². The zero-order chi connectivity index (χ0) is 25.2. The van der Waals surface area contributed by atoms with Crippen molar-refractivity contribution in [3.8, 4) is 0 Å². The summed E-state index contributed by atoms with van der Waals surface area (Å²) in [6.45, 7) is 4.22. The Bertz CT molecular complexity index is 1390. The third-order valence-corrected chi connectivity index (χ3v) is 7.17. The molecule has 12 heteroatoms. The molecule has 1 spiro atoms. The number of barbiturate groups is 1. The number of aromatic nitrogens is 2. The molecule has 4 amide bonds. The summed E-state index contributed by atoms with van der Waals surface area (Å²) in [4.78, 5) is 44.2. The second-order valence-corrected chi connectivity index (χ2v) is 9.45. The van der Waals surface area contributed by atoms with E-state index in [4.69, 9.17) is 9.26 Å². The highest BCUT2D eigenvalue weighted by Crippen LogP contribution is 2.49. The predicted molar refractivity (Wildman–Crippen MR) is 124 cm³/mol. The third-order valence-electron chi connectivity index (χ3n) is 7.17. The number of nitrogens with one attached hydrogen (secondary N) is 3. The van der Waals surface area contributed by atoms with Crippen molar-refractivity contribution in [2.75, 3.05) is 16.8 Å². The van der Waals surface area contributed by atoms with E-state index in [9.17, 15) is 14.4 Å². The maximum Gasteiger partial charge on any atom is 0.328 e. The zero-order valence-electron chi connectivity index (χ0n) is 19.5. The van der Waals surface area contributed by atoms with Gasteiger partial charge < -0.3 is 19.5 Å². The molecule has 3 aliphatic heterocycles. The molecular formula is C24H23FN6O5. The predicted octanol–water partition coefficient (Wildman–Crippen LogP) is 1.86. The number of urea groups is 1. The van der Waals surface area contributed by atoms with E-state index in [1.165, 1.54) is 0 Å². The first-order chi connectivity index (χ1) is 17.3. The van der Waals surface area contributed by atoms with Crippen LogP contribution in [0.4, 0.5) is 20.7 Å². The summed E-state index contributed by atoms with van der Waals surface area (Å²) in [7, 11) is 0. The Hall–Kier alpha value is -4.06. The third kappa shape index (κ3) is 3.17. The molecule has 6 rings (SSSR count). The van der Waals surface area contributed by atoms with E-state index in [1.54, 1.807) is 30.3 Å². The number of anilines is 2. The van der Waals surface area contributed by atoms with Crippen molar-refractivity contribution >= 4 is 40.3 Å². The van der Waals surface area contributed by atoms with Crippen LogP contribution in [0.5, 0.6) is 0 Å². The van der Waals surface area contributed by atoms with Crippen LogP contribution in [-0.4, -0.2) is 52.8 Å². The number of amides is 4. The van der Waals surface area contributed by atoms with Crippen LogP contribution in [0.25, 0.3) is 11.0 Å². The Balaban J connectivity index is 1.49. The van der Waals surface area contributed by atoms with Crippen LogP contribution in [-0.2, 0) is 27.3 Å². The molecule has 0 bridgehead atoms. The number of hydrogen-bond acceptors (Lipinski definition) is 9. The minimum absolute atomic E-state index is 0.0276. The van der Waals surface area contributed by atoms with E-state index in [0.717, 1.165) is 5.56 Å². The van der Waals surface area contributed by atoms with Crippen LogP contribution in [0.3, 0.4) is 0 Å². The molecule has 2 saturated heterocycles. The summed E-state index contributed by atoms with van der Waals surface area (Å²) in [5.74, 6) is -1.76. The monoisotopic (exact) mass is 494 g/mol. The first-order valence-corrected chi connectivity index (χ1v) is 11.6. The Morgan fingerprint density at radius 3 is 2.64 bits per heavy atom. The van der Waals surface area contributed by atoms with Gasteiger partial charge in [-0.1, -0.05) is 5.16 Å². The molecular weight excluding hydrogens is 471 g/mol. The maximum absolute atomic E-state index is 16.1. The Kier molecular flexibility index (Phi) is 4.97. The van der Waals surface area contributed by atoms with Gasteiger partial charge in [0.2, 0.25) is 17.4 Å². The number of ether oxygens (including phenoxy) is 1. The summed E-state index contributed by atoms with van der Waals surface area (Å²) < 4.78 is 27.4. The number of halogens is 1. The second kappa shape index (κ2) is 7.98. The van der Waals surface area contributed by atoms with Gasteiger partial charge in [0.25, 0.3) is 0 Å². The average molecular weight is 494 g/mol. The molecule has 2 fully saturated rings. The van der Waals surface area contributed by atoms with Gasteiger partial charge in [0.15, 0.2) is 17.1 Å². The van der Waals surface area contributed by atoms with Gasteiger partial charge in [0.1, 0.15) is 0 Å². The molecule has 186 valence electrons. The number of imide groups is 2. The first-order valence-electron chi connectivity index (χ1n) is 11.6. The van der Waals surface area contributed by atoms with Crippen LogP contribution in [0.1, 0.15) is 25.0 Å². The van der Waals surface area contributed by atoms with Gasteiger partial charge in [0.05, 0.1) is 29.3 Å². The molecule has 0 radical (unpaired) electrons. The molecule has 3 N–H and O–H groups in total. The molecule has 5 heterocycles. The van der Waals surface area contributed by atoms with E-state index < -0.39 is 41.2 Å². The highest BCUT2D eigenvalue weighted by molar-refractivity contribution is 6.20. The number of carbonyl (C=O) groups excluding carboxylic acids is 3. The lowest BCUT2D eigenvalue weighted by atomic mass is 9.66. The number of benzene rings is 1. The molecule has 11 nitrogen and oxygen atoms in total. The molecule has 0 aliphatic carbocycles. The minimum Gasteiger partial charge on any atom is -0.372 e. The minimum atomic E-state index is -1.69. The summed E-state index contributed by atoms with van der Waals surface area (Å²) in [5.41, 5.74) is -0.0950. The lowest BCUT2D eigenvalue weighted by molar-refractivity contribution is -0.153. The van der Waals surface area contributed by atoms with Gasteiger partial charge in [-0.15, -0.1) is 0 Å². The van der Waals surface area contributed by atoms with Crippen molar-refractivity contribution in [1.29, 1.82) is 0 Å². The molecule has 3 aliphatic rings. The van der Waals surface area contributed by atoms with E-state index in [0.29, 0.717) is 23.3 Å². The smallest absolute Gasteiger partial charge is 0.328 e. The van der Waals surface area contributed by atoms with E-state index >= 15 is 4.39 Å². The van der Waals surface area contributed by atoms with Crippen molar-refractivity contribution < 1.29 is 28.0 Å². The summed E-state index contributed by atoms with van der Waals surface area (Å²) in [5, 5.41) is 12.0. The van der Waals surface area contributed by atoms with Crippen LogP contribution in [0.15, 0.2) is 35.1 Å². The first kappa shape index (κ1) is 22.4. The molecule has 1 aromatic carbocycles. The van der Waals surface area contributed by atoms with Crippen LogP contribution in [0, 0.1) is 11.2 Å². The van der Waals surface area contributed by atoms with Crippen molar-refractivity contribution in [1.82, 2.24) is 20.8 Å². The lowest BCUT2D eigenvalue weighted by Crippen LogP contribution is -2.75. The van der Waals surface area contributed by atoms with Gasteiger partial charge in [-0.05, 0) is 43.2 Å². The normalized spacial score (nSPS) is 24.8. The van der Waals surface area contributed by atoms with E-state index in [1.807, 2.05) is 19.1 Å². The number of fused-ring (bicyclic) bond motifs is 5. The number of nitrogens with zero attached hydrogens (tertiary/aromatic N) is 3. The summed E-state index contributed by atoms with van der Waals surface area (Å²) in [6, 6.07) is 3.65. The molecule has 36 heavy (non-hydrogen) atoms. The van der Waals surface area contributed by atoms with Gasteiger partial charge in [-0.3, -0.25) is 25.2 Å². The van der Waals surface area contributed by atoms with Gasteiger partial charge in [0, 0.05) is 31.9 Å². The number of pyridine rings is 1. The van der Waals surface area contributed by atoms with Crippen molar-refractivity contribution in [3.05, 3.63) is 47.5 Å². The SMILES string of the molecule is C[C@H]1CN2c3c(cc4c(NCc5ccncc5)noc4c3F)CC3(C(=O)NC(=O)NC3=O)[C@@H]2[C@@H](C)O1. The lowest BCUT2D eigenvalue weighted by Gasteiger charge is -2.55. The Morgan fingerprint density at radius 1 is 1.19 bits per heavy atom. The average Bonchev–Trinajstić information content (AvgIpc) is 3.24. The van der Waals surface area contributed by atoms with Crippen LogP contribution < -0.4 is 20.9 Å². The number of morpholine rings is 1. The van der Waals surface area contributed by atoms with Crippen molar-refractivity contribution in [2.45, 2.75) is 45.1 Å². The molecule has 3 atom stereocenters. The standard InChI is InChI=1S/C24H23FN6O5/c1-11-10-31-17-14(8-24(19(31)12(2)35-11)21(32)28-23(34)29-22(24)33)7-15-18(16(17)25)36-30-20(15)27-9-13-3-5-26-6-4-13/h3-7,11-12,19H,8-10H2,1-2H3,(H,27,30)(H2,28,29,32,33,34)/t11-,12+,19-/m0/s1. The number of carbonyl (C=O) groups is 3. The molecule has 2 aromatic heterocycles. The van der Waals surface area contributed by atoms with Gasteiger partial charge in [-0.2, -0.15) is 0 Å². The maximum atomic E-state index is 16.1. The molecule has 3 aromatic rings. The van der Waals surface area contributed by atoms with Crippen LogP contribution >= 0.6 is 0 Å². The fourth-order valence-corrected chi connectivity index (χ4v) is 5.76. The zero-order valence-corrected chi connectivity index (χ0v) is 19.5. The quantitative estimate of drug-likeness (QED) is 0.466. The second-order valence-electron chi connectivity index (χ2n) is 9.45. The molecule has 0 saturated carbocycles. The highest BCUT2D eigenvalue weighted by atomic mass is 19.1. The van der Waals surface area contributed by atoms with Gasteiger partial charge in [-0.25, -0.2) is 9.18 Å². The highest BCUT2D eigenvalue weighted by Gasteiger charge is 2.63. The fourth-order valence-electron chi connectivity index (χ4n) is 5.76. The molecule has 0 unspecified atom stereocenters. The topological polar surface area (TPSA) is 139 Å².